The topological polar surface area (TPSA) is 12.9 Å². The molecule has 2 rings (SSSR count). The average Bonchev–Trinajstić information content (AvgIpc) is 2.85. The van der Waals surface area contributed by atoms with Gasteiger partial charge in [-0.2, -0.15) is 0 Å². The van der Waals surface area contributed by atoms with Crippen LogP contribution in [0.2, 0.25) is 0 Å². The molecule has 0 amide bonds. The molecule has 0 saturated heterocycles. The van der Waals surface area contributed by atoms with Crippen LogP contribution in [0.15, 0.2) is 22.8 Å². The summed E-state index contributed by atoms with van der Waals surface area (Å²) in [5.41, 5.74) is -0.454. The molecule has 1 aliphatic carbocycles. The van der Waals surface area contributed by atoms with Crippen LogP contribution in [-0.2, 0) is 5.41 Å². The maximum Gasteiger partial charge on any atom is 0.249 e. The summed E-state index contributed by atoms with van der Waals surface area (Å²) in [6.07, 6.45) is 0.335. The molecule has 0 spiro atoms. The summed E-state index contributed by atoms with van der Waals surface area (Å²) < 4.78 is 26.0. The van der Waals surface area contributed by atoms with Gasteiger partial charge in [0.25, 0.3) is 0 Å². The largest absolute Gasteiger partial charge is 0.259 e. The second-order valence-corrected chi connectivity index (χ2v) is 4.15. The quantitative estimate of drug-likeness (QED) is 0.783. The monoisotopic (exact) mass is 247 g/mol. The number of rotatable bonds is 2. The molecule has 0 aromatic carbocycles. The molecule has 1 saturated carbocycles. The minimum atomic E-state index is -2.31. The molecule has 1 fully saturated rings. The van der Waals surface area contributed by atoms with Gasteiger partial charge in [-0.15, -0.1) is 0 Å². The number of pyridine rings is 1. The number of aromatic nitrogens is 1. The van der Waals surface area contributed by atoms with E-state index in [2.05, 4.69) is 20.9 Å². The van der Waals surface area contributed by atoms with Crippen molar-refractivity contribution in [1.29, 1.82) is 0 Å². The first-order valence-corrected chi connectivity index (χ1v) is 4.85. The molecule has 0 unspecified atom stereocenters. The van der Waals surface area contributed by atoms with Crippen LogP contribution in [0, 0.1) is 0 Å². The maximum atomic E-state index is 12.7. The lowest BCUT2D eigenvalue weighted by Crippen LogP contribution is -2.19. The highest BCUT2D eigenvalue weighted by molar-refractivity contribution is 9.10. The fourth-order valence-electron chi connectivity index (χ4n) is 1.45. The number of alkyl halides is 2. The second kappa shape index (κ2) is 3.01. The molecular weight excluding hydrogens is 240 g/mol. The van der Waals surface area contributed by atoms with E-state index in [4.69, 9.17) is 0 Å². The van der Waals surface area contributed by atoms with Crippen LogP contribution in [0.4, 0.5) is 8.78 Å². The Morgan fingerprint density at radius 2 is 2.15 bits per heavy atom. The molecule has 0 bridgehead atoms. The highest BCUT2D eigenvalue weighted by Crippen LogP contribution is 2.53. The molecule has 0 aliphatic heterocycles. The third-order valence-corrected chi connectivity index (χ3v) is 3.08. The molecule has 70 valence electrons. The molecule has 1 nitrogen and oxygen atoms in total. The smallest absolute Gasteiger partial charge is 0.249 e. The Balaban J connectivity index is 2.41. The van der Waals surface area contributed by atoms with E-state index in [-0.39, 0.29) is 0 Å². The second-order valence-electron chi connectivity index (χ2n) is 3.29. The van der Waals surface area contributed by atoms with E-state index in [1.807, 2.05) is 0 Å². The van der Waals surface area contributed by atoms with Crippen LogP contribution in [0.3, 0.4) is 0 Å². The molecule has 0 radical (unpaired) electrons. The summed E-state index contributed by atoms with van der Waals surface area (Å²) >= 11 is 3.24. The lowest BCUT2D eigenvalue weighted by atomic mass is 10.0. The Morgan fingerprint density at radius 1 is 1.46 bits per heavy atom. The molecule has 1 heterocycles. The molecule has 1 aromatic rings. The third-order valence-electron chi connectivity index (χ3n) is 2.44. The summed E-state index contributed by atoms with van der Waals surface area (Å²) in [6.45, 7) is 0. The van der Waals surface area contributed by atoms with Gasteiger partial charge in [0.05, 0.1) is 11.1 Å². The number of hydrogen-bond donors (Lipinski definition) is 0. The predicted octanol–water partition coefficient (Wildman–Crippen LogP) is 3.14. The van der Waals surface area contributed by atoms with Crippen molar-refractivity contribution in [3.05, 3.63) is 28.5 Å². The summed E-state index contributed by atoms with van der Waals surface area (Å²) in [6, 6.07) is 3.49. The fraction of sp³-hybridized carbons (Fsp3) is 0.444. The van der Waals surface area contributed by atoms with Crippen molar-refractivity contribution in [3.63, 3.8) is 0 Å². The third kappa shape index (κ3) is 1.37. The van der Waals surface area contributed by atoms with Crippen molar-refractivity contribution < 1.29 is 8.78 Å². The van der Waals surface area contributed by atoms with Crippen LogP contribution in [0.25, 0.3) is 0 Å². The Labute approximate surface area is 83.3 Å². The number of hydrogen-bond acceptors (Lipinski definition) is 1. The van der Waals surface area contributed by atoms with Crippen molar-refractivity contribution >= 4 is 15.9 Å². The molecule has 0 N–H and O–H groups in total. The summed E-state index contributed by atoms with van der Waals surface area (Å²) in [5, 5.41) is 0. The van der Waals surface area contributed by atoms with Crippen molar-refractivity contribution in [3.8, 4) is 0 Å². The van der Waals surface area contributed by atoms with Crippen molar-refractivity contribution in [2.24, 2.45) is 0 Å². The van der Waals surface area contributed by atoms with Gasteiger partial charge in [0.2, 0.25) is 6.43 Å². The van der Waals surface area contributed by atoms with Crippen LogP contribution in [0.1, 0.15) is 18.5 Å². The van der Waals surface area contributed by atoms with E-state index >= 15 is 0 Å². The normalized spacial score (nSPS) is 19.1. The minimum absolute atomic E-state index is 0.505. The first kappa shape index (κ1) is 9.06. The Bertz CT molecular complexity index is 323. The SMILES string of the molecule is FC(F)C1(c2ncccc2Br)CC1. The van der Waals surface area contributed by atoms with Gasteiger partial charge in [-0.1, -0.05) is 0 Å². The molecule has 1 aromatic heterocycles. The van der Waals surface area contributed by atoms with Crippen LogP contribution >= 0.6 is 15.9 Å². The lowest BCUT2D eigenvalue weighted by molar-refractivity contribution is 0.0995. The predicted molar refractivity (Wildman–Crippen MR) is 48.9 cm³/mol. The molecule has 1 aliphatic rings. The summed E-state index contributed by atoms with van der Waals surface area (Å²) in [7, 11) is 0. The summed E-state index contributed by atoms with van der Waals surface area (Å²) in [5.74, 6) is 0. The zero-order valence-electron chi connectivity index (χ0n) is 6.80. The van der Waals surface area contributed by atoms with E-state index in [0.29, 0.717) is 23.0 Å². The lowest BCUT2D eigenvalue weighted by Gasteiger charge is -2.14. The van der Waals surface area contributed by atoms with Crippen molar-refractivity contribution in [2.45, 2.75) is 24.7 Å². The van der Waals surface area contributed by atoms with Gasteiger partial charge in [-0.25, -0.2) is 8.78 Å². The van der Waals surface area contributed by atoms with Gasteiger partial charge in [0, 0.05) is 10.7 Å². The molecular formula is C9H8BrF2N. The Morgan fingerprint density at radius 3 is 2.62 bits per heavy atom. The fourth-order valence-corrected chi connectivity index (χ4v) is 2.09. The number of halogens is 3. The zero-order valence-corrected chi connectivity index (χ0v) is 8.39. The molecule has 4 heteroatoms. The first-order valence-electron chi connectivity index (χ1n) is 4.06. The highest BCUT2D eigenvalue weighted by atomic mass is 79.9. The standard InChI is InChI=1S/C9H8BrF2N/c10-6-2-1-5-13-7(6)9(3-4-9)8(11)12/h1-2,5,8H,3-4H2. The van der Waals surface area contributed by atoms with Crippen LogP contribution in [0.5, 0.6) is 0 Å². The van der Waals surface area contributed by atoms with Gasteiger partial charge >= 0.3 is 0 Å². The summed E-state index contributed by atoms with van der Waals surface area (Å²) in [4.78, 5) is 4.01. The van der Waals surface area contributed by atoms with E-state index in [1.54, 1.807) is 18.3 Å². The van der Waals surface area contributed by atoms with Crippen molar-refractivity contribution in [2.75, 3.05) is 0 Å². The first-order chi connectivity index (χ1) is 6.17. The minimum Gasteiger partial charge on any atom is -0.259 e. The zero-order chi connectivity index (χ0) is 9.47. The van der Waals surface area contributed by atoms with Gasteiger partial charge in [-0.05, 0) is 40.9 Å². The van der Waals surface area contributed by atoms with Crippen molar-refractivity contribution in [1.82, 2.24) is 4.98 Å². The Hall–Kier alpha value is -0.510. The van der Waals surface area contributed by atoms with Gasteiger partial charge in [-0.3, -0.25) is 4.98 Å². The van der Waals surface area contributed by atoms with Gasteiger partial charge in [0.1, 0.15) is 0 Å². The van der Waals surface area contributed by atoms with E-state index in [9.17, 15) is 8.78 Å². The van der Waals surface area contributed by atoms with Crippen LogP contribution in [-0.4, -0.2) is 11.4 Å². The van der Waals surface area contributed by atoms with Gasteiger partial charge in [0.15, 0.2) is 0 Å². The van der Waals surface area contributed by atoms with E-state index < -0.39 is 11.8 Å². The Kier molecular flexibility index (Phi) is 2.10. The van der Waals surface area contributed by atoms with E-state index in [1.165, 1.54) is 0 Å². The highest BCUT2D eigenvalue weighted by Gasteiger charge is 2.54. The molecule has 0 atom stereocenters. The van der Waals surface area contributed by atoms with E-state index in [0.717, 1.165) is 0 Å². The van der Waals surface area contributed by atoms with Crippen LogP contribution < -0.4 is 0 Å². The number of nitrogens with zero attached hydrogens (tertiary/aromatic N) is 1. The molecule has 13 heavy (non-hydrogen) atoms. The maximum absolute atomic E-state index is 12.7. The van der Waals surface area contributed by atoms with Gasteiger partial charge < -0.3 is 0 Å². The average molecular weight is 248 g/mol.